The van der Waals surface area contributed by atoms with Gasteiger partial charge in [0.25, 0.3) is 11.8 Å². The summed E-state index contributed by atoms with van der Waals surface area (Å²) in [6.45, 7) is 9.34. The van der Waals surface area contributed by atoms with E-state index in [4.69, 9.17) is 9.57 Å². The van der Waals surface area contributed by atoms with E-state index < -0.39 is 48.8 Å². The van der Waals surface area contributed by atoms with Crippen molar-refractivity contribution in [2.75, 3.05) is 31.7 Å². The number of rotatable bonds is 16. The van der Waals surface area contributed by atoms with Gasteiger partial charge in [0.1, 0.15) is 26.8 Å². The molecule has 2 amide bonds. The third-order valence-corrected chi connectivity index (χ3v) is 12.1. The van der Waals surface area contributed by atoms with Gasteiger partial charge in [0, 0.05) is 74.0 Å². The average molecular weight is 797 g/mol. The number of hydrogen-bond donors (Lipinski definition) is 0. The van der Waals surface area contributed by atoms with Gasteiger partial charge in [-0.25, -0.2) is 21.6 Å². The van der Waals surface area contributed by atoms with Crippen LogP contribution in [-0.2, 0) is 55.0 Å². The Hall–Kier alpha value is -4.48. The van der Waals surface area contributed by atoms with Crippen LogP contribution in [0.2, 0.25) is 0 Å². The van der Waals surface area contributed by atoms with Gasteiger partial charge in [0.05, 0.1) is 15.2 Å². The van der Waals surface area contributed by atoms with Crippen LogP contribution in [0, 0.1) is 0 Å². The van der Waals surface area contributed by atoms with E-state index in [0.717, 1.165) is 28.3 Å². The molecule has 14 nitrogen and oxygen atoms in total. The molecule has 0 spiro atoms. The Labute approximate surface area is 322 Å². The highest BCUT2D eigenvalue weighted by Gasteiger charge is 2.45. The first kappa shape index (κ1) is 41.7. The molecule has 1 fully saturated rings. The van der Waals surface area contributed by atoms with Crippen molar-refractivity contribution >= 4 is 55.1 Å². The maximum Gasteiger partial charge on any atom is 0.333 e. The van der Waals surface area contributed by atoms with Gasteiger partial charge in [0.15, 0.2) is 5.71 Å². The molecule has 1 unspecified atom stereocenters. The highest BCUT2D eigenvalue weighted by Crippen LogP contribution is 2.51. The molecule has 1 saturated heterocycles. The van der Waals surface area contributed by atoms with Crippen LogP contribution in [-0.4, -0.2) is 85.9 Å². The number of carbonyl (C=O) groups is 3. The Bertz CT molecular complexity index is 2210. The molecule has 0 aromatic heterocycles. The van der Waals surface area contributed by atoms with Gasteiger partial charge in [-0.05, 0) is 88.9 Å². The minimum Gasteiger partial charge on any atom is -0.744 e. The molecule has 0 bridgehead atoms. The van der Waals surface area contributed by atoms with Crippen LogP contribution < -0.4 is 4.90 Å². The van der Waals surface area contributed by atoms with E-state index in [-0.39, 0.29) is 29.1 Å². The van der Waals surface area contributed by atoms with Gasteiger partial charge in [-0.2, -0.15) is 4.58 Å². The zero-order valence-electron chi connectivity index (χ0n) is 31.6. The fourth-order valence-corrected chi connectivity index (χ4v) is 8.52. The number of carbonyl (C=O) groups excluding carboxylic acids is 3. The lowest BCUT2D eigenvalue weighted by Gasteiger charge is -2.30. The molecule has 0 N–H and O–H groups in total. The van der Waals surface area contributed by atoms with Crippen molar-refractivity contribution in [1.82, 2.24) is 5.06 Å². The summed E-state index contributed by atoms with van der Waals surface area (Å²) in [4.78, 5) is 42.4. The van der Waals surface area contributed by atoms with Crippen molar-refractivity contribution in [2.24, 2.45) is 0 Å². The van der Waals surface area contributed by atoms with Crippen molar-refractivity contribution in [2.45, 2.75) is 93.3 Å². The van der Waals surface area contributed by atoms with Gasteiger partial charge >= 0.3 is 5.97 Å². The van der Waals surface area contributed by atoms with Gasteiger partial charge in [-0.15, -0.1) is 5.06 Å². The Morgan fingerprint density at radius 2 is 1.53 bits per heavy atom. The van der Waals surface area contributed by atoms with Crippen molar-refractivity contribution in [3.8, 4) is 0 Å². The van der Waals surface area contributed by atoms with Crippen LogP contribution in [0.3, 0.4) is 0 Å². The van der Waals surface area contributed by atoms with Crippen LogP contribution in [0.15, 0.2) is 82.3 Å². The quantitative estimate of drug-likeness (QED) is 0.0737. The van der Waals surface area contributed by atoms with Crippen LogP contribution in [0.25, 0.3) is 0 Å². The van der Waals surface area contributed by atoms with E-state index in [1.165, 1.54) is 24.3 Å². The molecule has 2 aromatic carbocycles. The van der Waals surface area contributed by atoms with E-state index in [1.807, 2.05) is 58.1 Å². The van der Waals surface area contributed by atoms with E-state index in [9.17, 15) is 40.3 Å². The third-order valence-electron chi connectivity index (χ3n) is 10.5. The topological polar surface area (TPSA) is 194 Å². The molecular formula is C39H46N3O11S2-. The predicted octanol–water partition coefficient (Wildman–Crippen LogP) is 4.87. The monoisotopic (exact) mass is 796 g/mol. The summed E-state index contributed by atoms with van der Waals surface area (Å²) in [5.74, 6) is -1.75. The van der Waals surface area contributed by atoms with E-state index in [1.54, 1.807) is 19.2 Å². The second kappa shape index (κ2) is 16.3. The SMILES string of the molecule is CC[N+]1=C(/C=C/C=C/C=C2/N(CCCCCC(=O)ON3C(=O)CCC3=O)c3ccc(S(=O)(=O)[O-])cc3C2(C)CCOC)C(C)(C)c2cc(S(=O)(=O)[O-])ccc21. The highest BCUT2D eigenvalue weighted by molar-refractivity contribution is 7.86. The minimum absolute atomic E-state index is 0.0109. The minimum atomic E-state index is -4.74. The smallest absolute Gasteiger partial charge is 0.333 e. The Morgan fingerprint density at radius 1 is 0.891 bits per heavy atom. The first-order chi connectivity index (χ1) is 25.8. The number of ether oxygens (including phenoxy) is 1. The molecule has 0 aliphatic carbocycles. The number of hydroxylamine groups is 2. The number of anilines is 1. The maximum atomic E-state index is 12.3. The van der Waals surface area contributed by atoms with Gasteiger partial charge in [-0.3, -0.25) is 9.59 Å². The Balaban J connectivity index is 1.39. The number of allylic oxidation sites excluding steroid dienone is 6. The summed E-state index contributed by atoms with van der Waals surface area (Å²) in [6.07, 6.45) is 11.7. The molecule has 3 aliphatic rings. The molecule has 55 heavy (non-hydrogen) atoms. The molecule has 296 valence electrons. The summed E-state index contributed by atoms with van der Waals surface area (Å²) in [5.41, 5.74) is 3.38. The Morgan fingerprint density at radius 3 is 2.15 bits per heavy atom. The summed E-state index contributed by atoms with van der Waals surface area (Å²) >= 11 is 0. The molecule has 0 saturated carbocycles. The lowest BCUT2D eigenvalue weighted by molar-refractivity contribution is -0.433. The number of amides is 2. The summed E-state index contributed by atoms with van der Waals surface area (Å²) in [5, 5.41) is 0.534. The Kier molecular flexibility index (Phi) is 12.4. The lowest BCUT2D eigenvalue weighted by Crippen LogP contribution is -2.32. The van der Waals surface area contributed by atoms with Crippen molar-refractivity contribution in [3.63, 3.8) is 0 Å². The van der Waals surface area contributed by atoms with E-state index in [0.29, 0.717) is 56.0 Å². The zero-order valence-corrected chi connectivity index (χ0v) is 33.2. The van der Waals surface area contributed by atoms with E-state index >= 15 is 0 Å². The zero-order chi connectivity index (χ0) is 40.3. The molecule has 2 aromatic rings. The molecular weight excluding hydrogens is 751 g/mol. The molecule has 3 aliphatic heterocycles. The van der Waals surface area contributed by atoms with Crippen LogP contribution in [0.4, 0.5) is 11.4 Å². The van der Waals surface area contributed by atoms with Crippen LogP contribution in [0.1, 0.15) is 83.8 Å². The van der Waals surface area contributed by atoms with E-state index in [2.05, 4.69) is 9.48 Å². The molecule has 0 radical (unpaired) electrons. The molecule has 1 atom stereocenters. The van der Waals surface area contributed by atoms with Crippen LogP contribution >= 0.6 is 0 Å². The second-order valence-corrected chi connectivity index (χ2v) is 17.2. The normalized spacial score (nSPS) is 20.5. The number of fused-ring (bicyclic) bond motifs is 2. The first-order valence-electron chi connectivity index (χ1n) is 18.1. The first-order valence-corrected chi connectivity index (χ1v) is 20.9. The van der Waals surface area contributed by atoms with Gasteiger partial charge < -0.3 is 23.6 Å². The number of imide groups is 1. The third kappa shape index (κ3) is 8.68. The van der Waals surface area contributed by atoms with Crippen molar-refractivity contribution in [1.29, 1.82) is 0 Å². The maximum absolute atomic E-state index is 12.3. The summed E-state index contributed by atoms with van der Waals surface area (Å²) in [6, 6.07) is 8.81. The van der Waals surface area contributed by atoms with Gasteiger partial charge in [-0.1, -0.05) is 24.6 Å². The van der Waals surface area contributed by atoms with Crippen LogP contribution in [0.5, 0.6) is 0 Å². The predicted molar refractivity (Wildman–Crippen MR) is 201 cm³/mol. The number of unbranched alkanes of at least 4 members (excludes halogenated alkanes) is 2. The molecule has 3 heterocycles. The fourth-order valence-electron chi connectivity index (χ4n) is 7.53. The van der Waals surface area contributed by atoms with Gasteiger partial charge in [0.2, 0.25) is 5.69 Å². The number of methoxy groups -OCH3 is 1. The second-order valence-electron chi connectivity index (χ2n) is 14.4. The number of hydrogen-bond acceptors (Lipinski definition) is 12. The standard InChI is InChI=1S/C39H47N3O11S2/c1-6-40-31-18-16-27(54(46,47)48)25-29(31)38(2,3)33(40)13-9-7-10-14-34-39(4,22-24-52-5)30-26-28(55(49,50)51)17-19-32(30)41(34)23-12-8-11-15-37(45)53-42-35(43)20-21-36(42)44/h7,9-10,13-14,16-19,25-26H,6,8,11-12,15,20-24H2,1-5H3,(H-,46,47,48,49,50,51)/p-1. The highest BCUT2D eigenvalue weighted by atomic mass is 32.2. The fraction of sp³-hybridized carbons (Fsp3) is 0.436. The largest absolute Gasteiger partial charge is 0.744 e. The number of benzene rings is 2. The summed E-state index contributed by atoms with van der Waals surface area (Å²) < 4.78 is 79.1. The van der Waals surface area contributed by atoms with Crippen molar-refractivity contribution < 1.29 is 54.5 Å². The summed E-state index contributed by atoms with van der Waals surface area (Å²) in [7, 11) is -7.80. The molecule has 16 heteroatoms. The average Bonchev–Trinajstić information content (AvgIpc) is 3.64. The number of nitrogens with zero attached hydrogens (tertiary/aromatic N) is 3. The van der Waals surface area contributed by atoms with Crippen molar-refractivity contribution in [3.05, 3.63) is 83.6 Å². The molecule has 5 rings (SSSR count). The lowest BCUT2D eigenvalue weighted by atomic mass is 9.78.